The van der Waals surface area contributed by atoms with E-state index >= 15 is 0 Å². The van der Waals surface area contributed by atoms with Crippen molar-refractivity contribution in [1.29, 1.82) is 0 Å². The van der Waals surface area contributed by atoms with Gasteiger partial charge in [0, 0.05) is 52.8 Å². The molecule has 2 aliphatic rings. The van der Waals surface area contributed by atoms with Crippen molar-refractivity contribution in [2.45, 2.75) is 37.8 Å². The monoisotopic (exact) mass is 494 g/mol. The fraction of sp³-hybridized carbons (Fsp3) is 0.524. The minimum atomic E-state index is -0.270. The number of aliphatic imine (C=N–C) groups is 1. The van der Waals surface area contributed by atoms with E-state index in [0.29, 0.717) is 17.0 Å². The number of H-pyrrole nitrogens is 1. The van der Waals surface area contributed by atoms with Crippen molar-refractivity contribution in [2.75, 3.05) is 33.2 Å². The van der Waals surface area contributed by atoms with Crippen molar-refractivity contribution in [2.24, 2.45) is 4.99 Å². The van der Waals surface area contributed by atoms with E-state index in [1.807, 2.05) is 12.1 Å². The van der Waals surface area contributed by atoms with Gasteiger partial charge in [0.25, 0.3) is 5.56 Å². The first-order valence-corrected chi connectivity index (χ1v) is 11.1. The highest BCUT2D eigenvalue weighted by atomic mass is 127. The molecular formula is C21H27IN4O2. The van der Waals surface area contributed by atoms with Gasteiger partial charge in [0.05, 0.1) is 11.6 Å². The van der Waals surface area contributed by atoms with E-state index in [1.54, 1.807) is 12.3 Å². The summed E-state index contributed by atoms with van der Waals surface area (Å²) in [4.78, 5) is 24.5. The fourth-order valence-corrected chi connectivity index (χ4v) is 4.87. The summed E-state index contributed by atoms with van der Waals surface area (Å²) >= 11 is 2.22. The Kier molecular flexibility index (Phi) is 6.03. The third-order valence-corrected chi connectivity index (χ3v) is 6.81. The number of nitrogens with one attached hydrogen (secondary N) is 1. The summed E-state index contributed by atoms with van der Waals surface area (Å²) < 4.78 is 1.03. The Morgan fingerprint density at radius 3 is 2.57 bits per heavy atom. The van der Waals surface area contributed by atoms with Crippen LogP contribution in [0.1, 0.15) is 31.2 Å². The maximum Gasteiger partial charge on any atom is 0.258 e. The number of hydrogen-bond acceptors (Lipinski definition) is 5. The molecule has 0 amide bonds. The number of likely N-dealkylation sites (N-methyl/N-ethyl adjacent to an activating group) is 1. The van der Waals surface area contributed by atoms with Crippen LogP contribution >= 0.6 is 22.6 Å². The van der Waals surface area contributed by atoms with E-state index in [2.05, 4.69) is 44.4 Å². The highest BCUT2D eigenvalue weighted by Crippen LogP contribution is 2.27. The predicted octanol–water partition coefficient (Wildman–Crippen LogP) is 2.82. The van der Waals surface area contributed by atoms with Crippen molar-refractivity contribution >= 4 is 39.6 Å². The van der Waals surface area contributed by atoms with Gasteiger partial charge in [-0.2, -0.15) is 0 Å². The molecule has 2 heterocycles. The highest BCUT2D eigenvalue weighted by Gasteiger charge is 2.27. The number of piperazine rings is 1. The summed E-state index contributed by atoms with van der Waals surface area (Å²) in [5, 5.41) is 11.6. The quantitative estimate of drug-likeness (QED) is 0.509. The first-order valence-electron chi connectivity index (χ1n) is 10.0. The standard InChI is InChI=1S/C21H27IN4O2/c1-25-8-10-26(11-9-25)16-5-3-15(4-6-16)23-13-19-18-12-14(22)2-7-17(18)20(27)24-21(19)28/h2,7,12-13,15-16H,3-6,8-11H2,1H3,(H2,24,27,28). The second kappa shape index (κ2) is 8.51. The zero-order chi connectivity index (χ0) is 19.7. The Bertz CT molecular complexity index is 926. The normalized spacial score (nSPS) is 24.9. The fourth-order valence-electron chi connectivity index (χ4n) is 4.38. The van der Waals surface area contributed by atoms with E-state index in [0.717, 1.165) is 34.9 Å². The molecular weight excluding hydrogens is 467 g/mol. The second-order valence-corrected chi connectivity index (χ2v) is 9.23. The molecule has 0 atom stereocenters. The van der Waals surface area contributed by atoms with Crippen molar-refractivity contribution in [3.8, 4) is 5.88 Å². The minimum Gasteiger partial charge on any atom is -0.494 e. The van der Waals surface area contributed by atoms with E-state index in [1.165, 1.54) is 25.9 Å². The molecule has 4 rings (SSSR count). The lowest BCUT2D eigenvalue weighted by Gasteiger charge is -2.40. The molecule has 1 saturated heterocycles. The van der Waals surface area contributed by atoms with Gasteiger partial charge in [0.1, 0.15) is 0 Å². The Morgan fingerprint density at radius 2 is 1.86 bits per heavy atom. The van der Waals surface area contributed by atoms with Gasteiger partial charge in [-0.1, -0.05) is 0 Å². The summed E-state index contributed by atoms with van der Waals surface area (Å²) in [6.45, 7) is 4.67. The van der Waals surface area contributed by atoms with Gasteiger partial charge >= 0.3 is 0 Å². The molecule has 2 fully saturated rings. The number of rotatable bonds is 3. The minimum absolute atomic E-state index is 0.102. The smallest absolute Gasteiger partial charge is 0.258 e. The second-order valence-electron chi connectivity index (χ2n) is 7.99. The lowest BCUT2D eigenvalue weighted by molar-refractivity contribution is 0.0884. The molecule has 0 bridgehead atoms. The number of hydrogen-bond donors (Lipinski definition) is 2. The number of aromatic amines is 1. The molecule has 6 nitrogen and oxygen atoms in total. The SMILES string of the molecule is CN1CCN(C2CCC(N=Cc3c(O)[nH]c(=O)c4ccc(I)cc34)CC2)CC1. The first-order chi connectivity index (χ1) is 13.5. The lowest BCUT2D eigenvalue weighted by Crippen LogP contribution is -2.50. The number of nitrogens with zero attached hydrogens (tertiary/aromatic N) is 3. The average molecular weight is 494 g/mol. The molecule has 1 saturated carbocycles. The van der Waals surface area contributed by atoms with Crippen LogP contribution in [-0.4, -0.2) is 71.4 Å². The Morgan fingerprint density at radius 1 is 1.14 bits per heavy atom. The molecule has 7 heteroatoms. The number of fused-ring (bicyclic) bond motifs is 1. The number of pyridine rings is 1. The third kappa shape index (κ3) is 4.26. The Hall–Kier alpha value is -1.45. The number of aromatic hydroxyl groups is 1. The summed E-state index contributed by atoms with van der Waals surface area (Å²) in [5.41, 5.74) is 0.336. The zero-order valence-electron chi connectivity index (χ0n) is 16.2. The summed E-state index contributed by atoms with van der Waals surface area (Å²) in [6, 6.07) is 6.59. The molecule has 150 valence electrons. The van der Waals surface area contributed by atoms with Crippen LogP contribution in [-0.2, 0) is 0 Å². The highest BCUT2D eigenvalue weighted by molar-refractivity contribution is 14.1. The van der Waals surface area contributed by atoms with Gasteiger partial charge in [-0.3, -0.25) is 19.7 Å². The number of aromatic nitrogens is 1. The van der Waals surface area contributed by atoms with E-state index in [4.69, 9.17) is 4.99 Å². The molecule has 2 aromatic rings. The molecule has 1 aliphatic heterocycles. The average Bonchev–Trinajstić information content (AvgIpc) is 2.68. The van der Waals surface area contributed by atoms with Gasteiger partial charge in [0.15, 0.2) is 0 Å². The van der Waals surface area contributed by atoms with E-state index < -0.39 is 0 Å². The zero-order valence-corrected chi connectivity index (χ0v) is 18.4. The largest absolute Gasteiger partial charge is 0.494 e. The van der Waals surface area contributed by atoms with Crippen LogP contribution in [0.3, 0.4) is 0 Å². The Balaban J connectivity index is 1.46. The van der Waals surface area contributed by atoms with Crippen LogP contribution in [0, 0.1) is 3.57 Å². The van der Waals surface area contributed by atoms with Crippen LogP contribution in [0.5, 0.6) is 5.88 Å². The van der Waals surface area contributed by atoms with Gasteiger partial charge in [-0.05, 0) is 73.5 Å². The van der Waals surface area contributed by atoms with Gasteiger partial charge in [-0.15, -0.1) is 0 Å². The van der Waals surface area contributed by atoms with Gasteiger partial charge in [0.2, 0.25) is 5.88 Å². The van der Waals surface area contributed by atoms with Crippen LogP contribution < -0.4 is 5.56 Å². The lowest BCUT2D eigenvalue weighted by atomic mass is 9.90. The Labute approximate surface area is 178 Å². The van der Waals surface area contributed by atoms with Crippen molar-refractivity contribution in [3.05, 3.63) is 37.7 Å². The van der Waals surface area contributed by atoms with E-state index in [-0.39, 0.29) is 17.5 Å². The summed E-state index contributed by atoms with van der Waals surface area (Å²) in [7, 11) is 2.19. The third-order valence-electron chi connectivity index (χ3n) is 6.14. The molecule has 0 radical (unpaired) electrons. The maximum atomic E-state index is 12.1. The van der Waals surface area contributed by atoms with Crippen LogP contribution in [0.4, 0.5) is 0 Å². The van der Waals surface area contributed by atoms with Gasteiger partial charge < -0.3 is 10.0 Å². The van der Waals surface area contributed by atoms with Crippen molar-refractivity contribution in [1.82, 2.24) is 14.8 Å². The summed E-state index contributed by atoms with van der Waals surface area (Å²) in [5.74, 6) is -0.102. The molecule has 1 aromatic carbocycles. The van der Waals surface area contributed by atoms with E-state index in [9.17, 15) is 9.90 Å². The predicted molar refractivity (Wildman–Crippen MR) is 122 cm³/mol. The molecule has 28 heavy (non-hydrogen) atoms. The molecule has 1 aliphatic carbocycles. The number of halogens is 1. The number of benzene rings is 1. The molecule has 0 unspecified atom stereocenters. The van der Waals surface area contributed by atoms with Crippen LogP contribution in [0.15, 0.2) is 28.0 Å². The first kappa shape index (κ1) is 19.8. The molecule has 2 N–H and O–H groups in total. The summed E-state index contributed by atoms with van der Waals surface area (Å²) in [6.07, 6.45) is 6.27. The topological polar surface area (TPSA) is 71.9 Å². The molecule has 0 spiro atoms. The molecule has 1 aromatic heterocycles. The maximum absolute atomic E-state index is 12.1. The van der Waals surface area contributed by atoms with Crippen LogP contribution in [0.2, 0.25) is 0 Å². The van der Waals surface area contributed by atoms with Crippen LogP contribution in [0.25, 0.3) is 10.8 Å². The van der Waals surface area contributed by atoms with Crippen molar-refractivity contribution < 1.29 is 5.11 Å². The van der Waals surface area contributed by atoms with Gasteiger partial charge in [-0.25, -0.2) is 0 Å². The van der Waals surface area contributed by atoms with Crippen molar-refractivity contribution in [3.63, 3.8) is 0 Å².